The van der Waals surface area contributed by atoms with Crippen LogP contribution in [0.1, 0.15) is 84.0 Å². The molecule has 2 aliphatic heterocycles. The lowest BCUT2D eigenvalue weighted by Crippen LogP contribution is -2.44. The molecule has 0 radical (unpaired) electrons. The molecule has 0 spiro atoms. The number of piperazine rings is 1. The molecule has 4 heterocycles. The number of carbonyl (C=O) groups excluding carboxylic acids is 3. The van der Waals surface area contributed by atoms with Crippen LogP contribution in [0, 0.1) is 0 Å². The third-order valence-electron chi connectivity index (χ3n) is 10.2. The van der Waals surface area contributed by atoms with Crippen molar-refractivity contribution in [3.63, 3.8) is 0 Å². The van der Waals surface area contributed by atoms with E-state index in [9.17, 15) is 27.6 Å². The Balaban J connectivity index is 1.23. The van der Waals surface area contributed by atoms with E-state index in [4.69, 9.17) is 14.2 Å². The quantitative estimate of drug-likeness (QED) is 0.186. The lowest BCUT2D eigenvalue weighted by Gasteiger charge is -2.33. The molecular weight excluding hydrogens is 770 g/mol. The van der Waals surface area contributed by atoms with Crippen LogP contribution in [0.25, 0.3) is 22.2 Å². The molecule has 4 amide bonds. The van der Waals surface area contributed by atoms with E-state index in [0.717, 1.165) is 42.5 Å². The number of urea groups is 1. The van der Waals surface area contributed by atoms with Crippen molar-refractivity contribution in [3.05, 3.63) is 59.5 Å². The van der Waals surface area contributed by atoms with Gasteiger partial charge in [0.2, 0.25) is 0 Å². The zero-order chi connectivity index (χ0) is 42.6. The number of carbonyl (C=O) groups is 3. The summed E-state index contributed by atoms with van der Waals surface area (Å²) >= 11 is 0. The number of alkyl halides is 3. The van der Waals surface area contributed by atoms with Gasteiger partial charge in [-0.15, -0.1) is 0 Å². The smallest absolute Gasteiger partial charge is 0.425 e. The minimum absolute atomic E-state index is 0.0144. The Hall–Kier alpha value is -5.42. The molecule has 4 aromatic rings. The summed E-state index contributed by atoms with van der Waals surface area (Å²) in [6.07, 6.45) is -1.41. The van der Waals surface area contributed by atoms with Crippen LogP contribution in [-0.2, 0) is 28.6 Å². The molecule has 2 aromatic carbocycles. The SMILES string of the molecule is CC1Cc2c(-c3cn(C4CC4)c4ncnc(N(C(=O)OC(C)(C)C)C(=O)OC(C)(C)C)c34)ccc(NC(=O)Nc3ccc(CN4CCN(C)CC4)c(C(F)(F)F)c3)c2O1. The number of rotatable bonds is 7. The fraction of sp³-hybridized carbons (Fsp3) is 0.500. The van der Waals surface area contributed by atoms with Gasteiger partial charge in [-0.05, 0) is 97.7 Å². The maximum absolute atomic E-state index is 14.3. The minimum Gasteiger partial charge on any atom is -0.488 e. The first-order valence-corrected chi connectivity index (χ1v) is 19.8. The van der Waals surface area contributed by atoms with E-state index in [1.165, 1.54) is 18.5 Å². The maximum atomic E-state index is 14.3. The van der Waals surface area contributed by atoms with Crippen molar-refractivity contribution in [1.82, 2.24) is 24.3 Å². The summed E-state index contributed by atoms with van der Waals surface area (Å²) in [5, 5.41) is 5.76. The summed E-state index contributed by atoms with van der Waals surface area (Å²) in [4.78, 5) is 55.1. The van der Waals surface area contributed by atoms with Crippen molar-refractivity contribution in [1.29, 1.82) is 0 Å². The molecule has 17 heteroatoms. The molecule has 59 heavy (non-hydrogen) atoms. The number of likely N-dealkylation sites (N-methyl/N-ethyl adjacent to an activating group) is 1. The average Bonchev–Trinajstić information content (AvgIpc) is 3.77. The first-order valence-electron chi connectivity index (χ1n) is 19.8. The molecule has 316 valence electrons. The van der Waals surface area contributed by atoms with E-state index in [1.54, 1.807) is 53.7 Å². The van der Waals surface area contributed by atoms with Gasteiger partial charge in [-0.1, -0.05) is 12.1 Å². The van der Waals surface area contributed by atoms with Crippen LogP contribution in [0.3, 0.4) is 0 Å². The number of ether oxygens (including phenoxy) is 3. The van der Waals surface area contributed by atoms with Gasteiger partial charge in [0.15, 0.2) is 5.82 Å². The van der Waals surface area contributed by atoms with Gasteiger partial charge in [-0.3, -0.25) is 4.90 Å². The van der Waals surface area contributed by atoms with Crippen LogP contribution >= 0.6 is 0 Å². The zero-order valence-electron chi connectivity index (χ0n) is 34.6. The van der Waals surface area contributed by atoms with Crippen molar-refractivity contribution < 1.29 is 41.8 Å². The normalized spacial score (nSPS) is 17.6. The van der Waals surface area contributed by atoms with E-state index in [-0.39, 0.29) is 35.8 Å². The van der Waals surface area contributed by atoms with E-state index in [0.29, 0.717) is 53.1 Å². The third-order valence-corrected chi connectivity index (χ3v) is 10.2. The number of hydrogen-bond acceptors (Lipinski definition) is 10. The van der Waals surface area contributed by atoms with Gasteiger partial charge in [-0.2, -0.15) is 18.1 Å². The van der Waals surface area contributed by atoms with E-state index < -0.39 is 41.2 Å². The summed E-state index contributed by atoms with van der Waals surface area (Å²) in [7, 11) is 1.98. The number of aromatic nitrogens is 3. The molecule has 1 saturated carbocycles. The van der Waals surface area contributed by atoms with E-state index >= 15 is 0 Å². The van der Waals surface area contributed by atoms with Crippen LogP contribution in [0.5, 0.6) is 5.75 Å². The Morgan fingerprint density at radius 1 is 0.898 bits per heavy atom. The Bertz CT molecular complexity index is 2240. The predicted octanol–water partition coefficient (Wildman–Crippen LogP) is 8.84. The molecular formula is C42H51F3N8O6. The van der Waals surface area contributed by atoms with Crippen molar-refractivity contribution in [2.45, 2.75) is 104 Å². The number of imide groups is 1. The number of amides is 4. The molecule has 1 unspecified atom stereocenters. The summed E-state index contributed by atoms with van der Waals surface area (Å²) < 4.78 is 62.5. The van der Waals surface area contributed by atoms with Gasteiger partial charge < -0.3 is 34.3 Å². The number of benzene rings is 2. The first kappa shape index (κ1) is 41.7. The molecule has 2 fully saturated rings. The predicted molar refractivity (Wildman–Crippen MR) is 217 cm³/mol. The summed E-state index contributed by atoms with van der Waals surface area (Å²) in [5.74, 6) is 0.355. The van der Waals surface area contributed by atoms with Gasteiger partial charge in [0.05, 0.1) is 16.6 Å². The van der Waals surface area contributed by atoms with Crippen LogP contribution in [0.15, 0.2) is 42.9 Å². The van der Waals surface area contributed by atoms with Gasteiger partial charge in [0, 0.05) is 68.2 Å². The number of nitrogens with one attached hydrogen (secondary N) is 2. The molecule has 2 N–H and O–H groups in total. The second kappa shape index (κ2) is 15.6. The van der Waals surface area contributed by atoms with Crippen molar-refractivity contribution in [3.8, 4) is 16.9 Å². The number of nitrogens with zero attached hydrogens (tertiary/aromatic N) is 6. The molecule has 14 nitrogen and oxygen atoms in total. The molecule has 1 saturated heterocycles. The number of hydrogen-bond donors (Lipinski definition) is 2. The van der Waals surface area contributed by atoms with Crippen LogP contribution in [-0.4, -0.2) is 93.1 Å². The van der Waals surface area contributed by atoms with E-state index in [2.05, 4.69) is 25.5 Å². The summed E-state index contributed by atoms with van der Waals surface area (Å²) in [5.41, 5.74) is 0.251. The van der Waals surface area contributed by atoms with Gasteiger partial charge in [0.1, 0.15) is 35.0 Å². The summed E-state index contributed by atoms with van der Waals surface area (Å²) in [6.45, 7) is 15.0. The first-order chi connectivity index (χ1) is 27.6. The van der Waals surface area contributed by atoms with Crippen LogP contribution in [0.4, 0.5) is 44.7 Å². The molecule has 0 bridgehead atoms. The molecule has 3 aliphatic rings. The fourth-order valence-electron chi connectivity index (χ4n) is 7.37. The standard InChI is InChI=1S/C42H51F3N8O6/c1-24-19-29-28(30-22-52(27-11-12-27)35-33(30)36(47-23-46-35)53(38(55)58-40(2,3)4)39(56)59-41(5,6)7)13-14-32(34(29)57-24)49-37(54)48-26-10-9-25(31(20-26)42(43,44)45)21-51-17-15-50(8)16-18-51/h9-10,13-14,20,22-24,27H,11-12,15-19,21H2,1-8H3,(H2,48,49,54). The lowest BCUT2D eigenvalue weighted by atomic mass is 9.96. The highest BCUT2D eigenvalue weighted by Crippen LogP contribution is 2.48. The number of halogens is 3. The van der Waals surface area contributed by atoms with Gasteiger partial charge in [-0.25, -0.2) is 24.4 Å². The van der Waals surface area contributed by atoms with Crippen molar-refractivity contribution >= 4 is 46.4 Å². The highest BCUT2D eigenvalue weighted by atomic mass is 19.4. The van der Waals surface area contributed by atoms with Gasteiger partial charge >= 0.3 is 24.4 Å². The largest absolute Gasteiger partial charge is 0.488 e. The van der Waals surface area contributed by atoms with Crippen molar-refractivity contribution in [2.75, 3.05) is 48.8 Å². The van der Waals surface area contributed by atoms with Crippen LogP contribution < -0.4 is 20.3 Å². The molecule has 1 atom stereocenters. The second-order valence-corrected chi connectivity index (χ2v) is 17.5. The number of anilines is 3. The monoisotopic (exact) mass is 820 g/mol. The topological polar surface area (TPSA) is 143 Å². The third kappa shape index (κ3) is 9.41. The lowest BCUT2D eigenvalue weighted by molar-refractivity contribution is -0.138. The van der Waals surface area contributed by atoms with Gasteiger partial charge in [0.25, 0.3) is 0 Å². The highest BCUT2D eigenvalue weighted by Gasteiger charge is 2.39. The Labute approximate surface area is 341 Å². The van der Waals surface area contributed by atoms with E-state index in [1.807, 2.05) is 29.6 Å². The highest BCUT2D eigenvalue weighted by molar-refractivity contribution is 6.16. The maximum Gasteiger partial charge on any atom is 0.425 e. The molecule has 7 rings (SSSR count). The average molecular weight is 821 g/mol. The zero-order valence-corrected chi connectivity index (χ0v) is 34.6. The van der Waals surface area contributed by atoms with Crippen LogP contribution in [0.2, 0.25) is 0 Å². The second-order valence-electron chi connectivity index (χ2n) is 17.5. The number of fused-ring (bicyclic) bond motifs is 2. The summed E-state index contributed by atoms with van der Waals surface area (Å²) in [6, 6.07) is 6.67. The molecule has 2 aromatic heterocycles. The fourth-order valence-corrected chi connectivity index (χ4v) is 7.37. The molecule has 1 aliphatic carbocycles. The van der Waals surface area contributed by atoms with Crippen molar-refractivity contribution in [2.24, 2.45) is 0 Å². The Kier molecular flexibility index (Phi) is 11.1. The minimum atomic E-state index is -4.62. The Morgan fingerprint density at radius 2 is 1.56 bits per heavy atom. The Morgan fingerprint density at radius 3 is 2.17 bits per heavy atom.